The van der Waals surface area contributed by atoms with E-state index < -0.39 is 0 Å². The average Bonchev–Trinajstić information content (AvgIpc) is 2.50. The highest BCUT2D eigenvalue weighted by Crippen LogP contribution is 2.19. The predicted molar refractivity (Wildman–Crippen MR) is 61.2 cm³/mol. The quantitative estimate of drug-likeness (QED) is 0.674. The second-order valence-electron chi connectivity index (χ2n) is 4.21. The normalized spacial score (nSPS) is 21.4. The van der Waals surface area contributed by atoms with Crippen LogP contribution in [0.25, 0.3) is 0 Å². The molecule has 14 heavy (non-hydrogen) atoms. The highest BCUT2D eigenvalue weighted by Gasteiger charge is 2.27. The van der Waals surface area contributed by atoms with E-state index in [1.165, 1.54) is 19.3 Å². The van der Waals surface area contributed by atoms with E-state index in [2.05, 4.69) is 42.7 Å². The number of hydrogen-bond acceptors (Lipinski definition) is 3. The first-order chi connectivity index (χ1) is 6.70. The zero-order valence-corrected chi connectivity index (χ0v) is 9.90. The van der Waals surface area contributed by atoms with Crippen molar-refractivity contribution in [3.8, 4) is 0 Å². The fourth-order valence-corrected chi connectivity index (χ4v) is 1.93. The Bertz CT molecular complexity index is 189. The van der Waals surface area contributed by atoms with E-state index in [9.17, 15) is 0 Å². The van der Waals surface area contributed by atoms with E-state index in [1.807, 2.05) is 6.34 Å². The van der Waals surface area contributed by atoms with Crippen molar-refractivity contribution < 1.29 is 0 Å². The molecule has 0 spiro atoms. The molecule has 0 saturated carbocycles. The van der Waals surface area contributed by atoms with Gasteiger partial charge in [0, 0.05) is 12.6 Å². The van der Waals surface area contributed by atoms with E-state index in [0.717, 1.165) is 6.54 Å². The van der Waals surface area contributed by atoms with Gasteiger partial charge in [0.15, 0.2) is 0 Å². The molecule has 0 saturated heterocycles. The van der Waals surface area contributed by atoms with Crippen molar-refractivity contribution in [3.05, 3.63) is 0 Å². The fourth-order valence-electron chi connectivity index (χ4n) is 1.93. The lowest BCUT2D eigenvalue weighted by atomic mass is 10.2. The fraction of sp³-hybridized carbons (Fsp3) is 0.909. The van der Waals surface area contributed by atoms with E-state index in [-0.39, 0.29) is 0 Å². The SMILES string of the molecule is CCCC1N(CCC)C=NN1C(C)C. The van der Waals surface area contributed by atoms with Crippen molar-refractivity contribution in [1.29, 1.82) is 0 Å². The third-order valence-corrected chi connectivity index (χ3v) is 2.58. The molecule has 0 fully saturated rings. The second kappa shape index (κ2) is 5.23. The standard InChI is InChI=1S/C11H23N3/c1-5-7-11-13(8-6-2)9-12-14(11)10(3)4/h9-11H,5-8H2,1-4H3. The van der Waals surface area contributed by atoms with Gasteiger partial charge in [-0.3, -0.25) is 5.01 Å². The minimum atomic E-state index is 0.500. The Kier molecular flexibility index (Phi) is 4.23. The maximum Gasteiger partial charge on any atom is 0.119 e. The summed E-state index contributed by atoms with van der Waals surface area (Å²) in [7, 11) is 0. The van der Waals surface area contributed by atoms with Crippen LogP contribution in [-0.2, 0) is 0 Å². The van der Waals surface area contributed by atoms with Crippen LogP contribution in [0.4, 0.5) is 0 Å². The van der Waals surface area contributed by atoms with E-state index in [1.54, 1.807) is 0 Å². The summed E-state index contributed by atoms with van der Waals surface area (Å²) >= 11 is 0. The Hall–Kier alpha value is -0.730. The van der Waals surface area contributed by atoms with E-state index in [4.69, 9.17) is 0 Å². The van der Waals surface area contributed by atoms with Crippen molar-refractivity contribution in [2.45, 2.75) is 59.2 Å². The van der Waals surface area contributed by atoms with Crippen LogP contribution in [0.3, 0.4) is 0 Å². The van der Waals surface area contributed by atoms with Gasteiger partial charge in [-0.25, -0.2) is 0 Å². The smallest absolute Gasteiger partial charge is 0.119 e. The summed E-state index contributed by atoms with van der Waals surface area (Å²) in [5.41, 5.74) is 0. The highest BCUT2D eigenvalue weighted by atomic mass is 15.6. The first-order valence-corrected chi connectivity index (χ1v) is 5.78. The highest BCUT2D eigenvalue weighted by molar-refractivity contribution is 5.57. The molecular weight excluding hydrogens is 174 g/mol. The van der Waals surface area contributed by atoms with Gasteiger partial charge in [-0.2, -0.15) is 5.10 Å². The first kappa shape index (κ1) is 11.3. The molecule has 0 aromatic heterocycles. The third kappa shape index (κ3) is 2.40. The van der Waals surface area contributed by atoms with Gasteiger partial charge in [0.2, 0.25) is 0 Å². The summed E-state index contributed by atoms with van der Waals surface area (Å²) in [6, 6.07) is 0.504. The van der Waals surface area contributed by atoms with Gasteiger partial charge < -0.3 is 4.90 Å². The predicted octanol–water partition coefficient (Wildman–Crippen LogP) is 2.49. The number of nitrogens with zero attached hydrogens (tertiary/aromatic N) is 3. The van der Waals surface area contributed by atoms with Gasteiger partial charge in [0.25, 0.3) is 0 Å². The molecule has 3 nitrogen and oxygen atoms in total. The zero-order valence-electron chi connectivity index (χ0n) is 9.90. The molecule has 1 atom stereocenters. The van der Waals surface area contributed by atoms with Crippen LogP contribution in [0.5, 0.6) is 0 Å². The largest absolute Gasteiger partial charge is 0.339 e. The maximum atomic E-state index is 4.47. The lowest BCUT2D eigenvalue weighted by molar-refractivity contribution is 0.0917. The minimum absolute atomic E-state index is 0.500. The third-order valence-electron chi connectivity index (χ3n) is 2.58. The Balaban J connectivity index is 2.59. The summed E-state index contributed by atoms with van der Waals surface area (Å²) in [4.78, 5) is 2.36. The lowest BCUT2D eigenvalue weighted by Crippen LogP contribution is -2.42. The van der Waals surface area contributed by atoms with Gasteiger partial charge in [0.1, 0.15) is 12.5 Å². The van der Waals surface area contributed by atoms with Gasteiger partial charge in [-0.05, 0) is 26.7 Å². The molecule has 0 bridgehead atoms. The molecule has 1 aliphatic rings. The summed E-state index contributed by atoms with van der Waals surface area (Å²) in [5.74, 6) is 0. The summed E-state index contributed by atoms with van der Waals surface area (Å²) < 4.78 is 0. The Morgan fingerprint density at radius 2 is 2.00 bits per heavy atom. The van der Waals surface area contributed by atoms with Crippen molar-refractivity contribution in [3.63, 3.8) is 0 Å². The molecule has 0 aromatic rings. The number of hydrazone groups is 1. The average molecular weight is 197 g/mol. The van der Waals surface area contributed by atoms with Crippen LogP contribution in [0.1, 0.15) is 47.0 Å². The van der Waals surface area contributed by atoms with E-state index >= 15 is 0 Å². The summed E-state index contributed by atoms with van der Waals surface area (Å²) in [6.07, 6.45) is 6.12. The van der Waals surface area contributed by atoms with Gasteiger partial charge in [0.05, 0.1) is 0 Å². The number of rotatable bonds is 5. The molecule has 1 heterocycles. The van der Waals surface area contributed by atoms with E-state index in [0.29, 0.717) is 12.2 Å². The van der Waals surface area contributed by atoms with Crippen molar-refractivity contribution >= 4 is 6.34 Å². The Morgan fingerprint density at radius 1 is 1.29 bits per heavy atom. The molecule has 82 valence electrons. The molecule has 1 rings (SSSR count). The van der Waals surface area contributed by atoms with Crippen LogP contribution >= 0.6 is 0 Å². The zero-order chi connectivity index (χ0) is 10.6. The van der Waals surface area contributed by atoms with Crippen LogP contribution < -0.4 is 0 Å². The van der Waals surface area contributed by atoms with Crippen LogP contribution in [0.15, 0.2) is 5.10 Å². The van der Waals surface area contributed by atoms with Crippen molar-refractivity contribution in [2.24, 2.45) is 5.10 Å². The van der Waals surface area contributed by atoms with Crippen molar-refractivity contribution in [1.82, 2.24) is 9.91 Å². The molecule has 0 aliphatic carbocycles. The lowest BCUT2D eigenvalue weighted by Gasteiger charge is -2.32. The van der Waals surface area contributed by atoms with Crippen molar-refractivity contribution in [2.75, 3.05) is 6.54 Å². The Labute approximate surface area is 87.8 Å². The minimum Gasteiger partial charge on any atom is -0.339 e. The van der Waals surface area contributed by atoms with Crippen LogP contribution in [-0.4, -0.2) is 35.0 Å². The molecule has 3 heteroatoms. The Morgan fingerprint density at radius 3 is 2.50 bits per heavy atom. The van der Waals surface area contributed by atoms with Crippen LogP contribution in [0, 0.1) is 0 Å². The monoisotopic (exact) mass is 197 g/mol. The molecule has 0 radical (unpaired) electrons. The molecular formula is C11H23N3. The molecule has 0 amide bonds. The molecule has 0 N–H and O–H groups in total. The molecule has 1 unspecified atom stereocenters. The first-order valence-electron chi connectivity index (χ1n) is 5.78. The van der Waals surface area contributed by atoms with Gasteiger partial charge in [-0.15, -0.1) is 0 Å². The summed E-state index contributed by atoms with van der Waals surface area (Å²) in [6.45, 7) is 9.98. The second-order valence-corrected chi connectivity index (χ2v) is 4.21. The molecule has 1 aliphatic heterocycles. The summed E-state index contributed by atoms with van der Waals surface area (Å²) in [5, 5.41) is 6.69. The van der Waals surface area contributed by atoms with Gasteiger partial charge >= 0.3 is 0 Å². The maximum absolute atomic E-state index is 4.47. The van der Waals surface area contributed by atoms with Gasteiger partial charge in [-0.1, -0.05) is 20.3 Å². The van der Waals surface area contributed by atoms with Crippen LogP contribution in [0.2, 0.25) is 0 Å². The molecule has 0 aromatic carbocycles. The topological polar surface area (TPSA) is 18.8 Å². The number of hydrogen-bond donors (Lipinski definition) is 0.